The molecule has 1 aromatic rings. The maximum Gasteiger partial charge on any atom is 0.353 e. The molecule has 2 atom stereocenters. The highest BCUT2D eigenvalue weighted by Gasteiger charge is 2.52. The molecule has 7 nitrogen and oxygen atoms in total. The highest BCUT2D eigenvalue weighted by molar-refractivity contribution is 8.00. The lowest BCUT2D eigenvalue weighted by atomic mass is 10.0. The molecule has 2 aliphatic rings. The van der Waals surface area contributed by atoms with Crippen LogP contribution in [-0.2, 0) is 9.59 Å². The summed E-state index contributed by atoms with van der Waals surface area (Å²) in [7, 11) is 0. The largest absolute Gasteiger partial charge is 0.477 e. The zero-order valence-corrected chi connectivity index (χ0v) is 13.6. The minimum atomic E-state index is -1.20. The normalized spacial score (nSPS) is 24.7. The summed E-state index contributed by atoms with van der Waals surface area (Å²) in [6, 6.07) is -0.662. The number of hydrogen-bond acceptors (Lipinski definition) is 9. The highest BCUT2D eigenvalue weighted by Crippen LogP contribution is 2.40. The van der Waals surface area contributed by atoms with Gasteiger partial charge in [-0.05, 0) is 0 Å². The van der Waals surface area contributed by atoms with Gasteiger partial charge >= 0.3 is 5.97 Å². The van der Waals surface area contributed by atoms with Gasteiger partial charge in [-0.3, -0.25) is 9.69 Å². The van der Waals surface area contributed by atoms with Crippen LogP contribution in [0, 0.1) is 0 Å². The Morgan fingerprint density at radius 1 is 1.52 bits per heavy atom. The van der Waals surface area contributed by atoms with E-state index in [2.05, 4.69) is 22.8 Å². The monoisotopic (exact) mass is 360 g/mol. The first-order valence-electron chi connectivity index (χ1n) is 5.65. The van der Waals surface area contributed by atoms with Gasteiger partial charge in [0.25, 0.3) is 0 Å². The molecular formula is C10H8N4O3S4. The molecule has 0 aromatic carbocycles. The molecule has 0 spiro atoms. The topological polar surface area (TPSA) is 109 Å². The van der Waals surface area contributed by atoms with Crippen molar-refractivity contribution in [2.24, 2.45) is 5.73 Å². The number of amides is 1. The summed E-state index contributed by atoms with van der Waals surface area (Å²) in [6.45, 7) is 0. The smallest absolute Gasteiger partial charge is 0.353 e. The molecule has 0 unspecified atom stereocenters. The van der Waals surface area contributed by atoms with E-state index in [-0.39, 0.29) is 15.9 Å². The summed E-state index contributed by atoms with van der Waals surface area (Å²) in [6.07, 6.45) is 0. The van der Waals surface area contributed by atoms with Gasteiger partial charge in [-0.15, -0.1) is 34.6 Å². The fourth-order valence-corrected chi connectivity index (χ4v) is 4.71. The number of rotatable bonds is 3. The molecule has 3 heterocycles. The average molecular weight is 360 g/mol. The Balaban J connectivity index is 2.04. The van der Waals surface area contributed by atoms with Crippen molar-refractivity contribution in [1.82, 2.24) is 15.1 Å². The number of aromatic nitrogens is 2. The Morgan fingerprint density at radius 2 is 2.24 bits per heavy atom. The number of aliphatic carboxylic acids is 1. The maximum absolute atomic E-state index is 11.8. The highest BCUT2D eigenvalue weighted by atomic mass is 32.2. The van der Waals surface area contributed by atoms with E-state index < -0.39 is 17.9 Å². The summed E-state index contributed by atoms with van der Waals surface area (Å²) < 4.78 is 0.438. The Bertz CT molecular complexity index is 700. The second kappa shape index (κ2) is 5.32. The first-order valence-corrected chi connectivity index (χ1v) is 8.37. The summed E-state index contributed by atoms with van der Waals surface area (Å²) in [4.78, 5) is 24.8. The van der Waals surface area contributed by atoms with Crippen LogP contribution in [0.5, 0.6) is 0 Å². The summed E-state index contributed by atoms with van der Waals surface area (Å²) >= 11 is 11.9. The van der Waals surface area contributed by atoms with Gasteiger partial charge in [-0.25, -0.2) is 4.79 Å². The van der Waals surface area contributed by atoms with Gasteiger partial charge in [0.1, 0.15) is 17.1 Å². The fourth-order valence-electron chi connectivity index (χ4n) is 2.13. The number of thiol groups is 1. The second-order valence-corrected chi connectivity index (χ2v) is 7.50. The van der Waals surface area contributed by atoms with Crippen molar-refractivity contribution in [3.8, 4) is 0 Å². The van der Waals surface area contributed by atoms with E-state index in [0.29, 0.717) is 20.7 Å². The Labute approximate surface area is 138 Å². The molecule has 0 bridgehead atoms. The van der Waals surface area contributed by atoms with Crippen LogP contribution in [0.4, 0.5) is 0 Å². The molecule has 1 aromatic heterocycles. The van der Waals surface area contributed by atoms with Gasteiger partial charge in [0.05, 0.1) is 4.86 Å². The average Bonchev–Trinajstić information content (AvgIpc) is 2.90. The molecule has 0 saturated carbocycles. The molecule has 110 valence electrons. The number of carbonyl (C=O) groups excluding carboxylic acids is 1. The molecule has 3 N–H and O–H groups in total. The first kappa shape index (κ1) is 14.9. The molecule has 21 heavy (non-hydrogen) atoms. The molecule has 1 fully saturated rings. The number of hydrogen-bond donors (Lipinski definition) is 3. The first-order chi connectivity index (χ1) is 9.91. The number of thiocarbonyl (C=S) groups is 1. The number of carbonyl (C=O) groups is 2. The molecule has 0 aliphatic carbocycles. The Hall–Kier alpha value is -1.01. The van der Waals surface area contributed by atoms with E-state index in [9.17, 15) is 14.7 Å². The summed E-state index contributed by atoms with van der Waals surface area (Å²) in [5.74, 6) is -1.24. The van der Waals surface area contributed by atoms with Crippen LogP contribution in [0.1, 0.15) is 5.01 Å². The second-order valence-electron chi connectivity index (χ2n) is 4.29. The van der Waals surface area contributed by atoms with Gasteiger partial charge in [0.2, 0.25) is 5.91 Å². The predicted molar refractivity (Wildman–Crippen MR) is 84.6 cm³/mol. The van der Waals surface area contributed by atoms with Crippen LogP contribution < -0.4 is 5.73 Å². The minimum Gasteiger partial charge on any atom is -0.477 e. The number of carboxylic acids is 1. The van der Waals surface area contributed by atoms with E-state index in [0.717, 1.165) is 11.3 Å². The van der Waals surface area contributed by atoms with E-state index in [1.54, 1.807) is 0 Å². The van der Waals surface area contributed by atoms with E-state index in [1.165, 1.54) is 16.7 Å². The number of thioether (sulfide) groups is 1. The number of β-lactam (4-membered cyclic amide) rings is 1. The minimum absolute atomic E-state index is 0.105. The van der Waals surface area contributed by atoms with Crippen LogP contribution in [0.15, 0.2) is 15.6 Å². The Morgan fingerprint density at radius 3 is 2.81 bits per heavy atom. The van der Waals surface area contributed by atoms with Crippen molar-refractivity contribution < 1.29 is 14.7 Å². The third kappa shape index (κ3) is 2.28. The third-order valence-corrected chi connectivity index (χ3v) is 6.07. The van der Waals surface area contributed by atoms with Crippen LogP contribution in [-0.4, -0.2) is 54.1 Å². The summed E-state index contributed by atoms with van der Waals surface area (Å²) in [5.41, 5.74) is 5.97. The van der Waals surface area contributed by atoms with E-state index in [4.69, 9.17) is 18.0 Å². The number of nitrogens with two attached hydrogens (primary N) is 1. The van der Waals surface area contributed by atoms with Crippen molar-refractivity contribution in [1.29, 1.82) is 0 Å². The van der Waals surface area contributed by atoms with E-state index >= 15 is 0 Å². The zero-order chi connectivity index (χ0) is 15.3. The molecule has 0 radical (unpaired) electrons. The SMILES string of the molecule is N[C@@H]1C(=O)N2C(C(=O)O)=C(C(=S)c3nnc(S)s3)CS[C@@H]12. The van der Waals surface area contributed by atoms with Gasteiger partial charge in [0, 0.05) is 11.3 Å². The van der Waals surface area contributed by atoms with E-state index in [1.807, 2.05) is 0 Å². The molecule has 1 amide bonds. The van der Waals surface area contributed by atoms with Gasteiger partial charge in [0.15, 0.2) is 9.35 Å². The summed E-state index contributed by atoms with van der Waals surface area (Å²) in [5, 5.41) is 17.1. The standard InChI is InChI=1S/C10H8N4O3S4/c11-3-7(15)14-4(9(16)17)2(1-20-8(3)14)5(18)6-12-13-10(19)21-6/h3,8H,1,11H2,(H,13,19)(H,16,17)/t3-,8+/m1/s1. The van der Waals surface area contributed by atoms with Gasteiger partial charge in [-0.2, -0.15) is 0 Å². The number of fused-ring (bicyclic) bond motifs is 1. The Kier molecular flexibility index (Phi) is 3.78. The number of carboxylic acid groups (broad SMARTS) is 1. The molecule has 2 aliphatic heterocycles. The van der Waals surface area contributed by atoms with Gasteiger partial charge < -0.3 is 10.8 Å². The lowest BCUT2D eigenvalue weighted by Crippen LogP contribution is -2.68. The van der Waals surface area contributed by atoms with Crippen molar-refractivity contribution in [3.05, 3.63) is 16.3 Å². The maximum atomic E-state index is 11.8. The van der Waals surface area contributed by atoms with Crippen LogP contribution >= 0.6 is 47.9 Å². The fraction of sp³-hybridized carbons (Fsp3) is 0.300. The van der Waals surface area contributed by atoms with Gasteiger partial charge in [-0.1, -0.05) is 23.6 Å². The van der Waals surface area contributed by atoms with Crippen molar-refractivity contribution in [2.45, 2.75) is 15.8 Å². The zero-order valence-electron chi connectivity index (χ0n) is 10.2. The number of nitrogens with zero attached hydrogens (tertiary/aromatic N) is 3. The molecule has 11 heteroatoms. The van der Waals surface area contributed by atoms with Crippen LogP contribution in [0.25, 0.3) is 0 Å². The third-order valence-electron chi connectivity index (χ3n) is 3.09. The lowest BCUT2D eigenvalue weighted by Gasteiger charge is -2.47. The van der Waals surface area contributed by atoms with Crippen LogP contribution in [0.3, 0.4) is 0 Å². The lowest BCUT2D eigenvalue weighted by molar-refractivity contribution is -0.147. The molecule has 3 rings (SSSR count). The van der Waals surface area contributed by atoms with Crippen molar-refractivity contribution in [2.75, 3.05) is 5.75 Å². The molecular weight excluding hydrogens is 352 g/mol. The quantitative estimate of drug-likeness (QED) is 0.302. The molecule has 1 saturated heterocycles. The predicted octanol–water partition coefficient (Wildman–Crippen LogP) is 0.126. The van der Waals surface area contributed by atoms with Crippen molar-refractivity contribution >= 4 is 64.7 Å². The van der Waals surface area contributed by atoms with Crippen molar-refractivity contribution in [3.63, 3.8) is 0 Å². The van der Waals surface area contributed by atoms with Crippen LogP contribution in [0.2, 0.25) is 0 Å².